The molecule has 0 saturated carbocycles. The minimum absolute atomic E-state index is 0.248. The minimum Gasteiger partial charge on any atom is -0.490 e. The number of hydrogen-bond acceptors (Lipinski definition) is 7. The van der Waals surface area contributed by atoms with Gasteiger partial charge in [0.2, 0.25) is 0 Å². The van der Waals surface area contributed by atoms with Crippen LogP contribution in [0.25, 0.3) is 0 Å². The third-order valence-electron chi connectivity index (χ3n) is 6.02. The predicted molar refractivity (Wildman–Crippen MR) is 117 cm³/mol. The molecule has 1 aromatic rings. The molecule has 3 N–H and O–H groups in total. The van der Waals surface area contributed by atoms with Crippen LogP contribution in [0.15, 0.2) is 24.3 Å². The summed E-state index contributed by atoms with van der Waals surface area (Å²) < 4.78 is 15.9. The Morgan fingerprint density at radius 1 is 1.26 bits per heavy atom. The van der Waals surface area contributed by atoms with Crippen molar-refractivity contribution in [3.05, 3.63) is 29.8 Å². The average Bonchev–Trinajstić information content (AvgIpc) is 3.15. The summed E-state index contributed by atoms with van der Waals surface area (Å²) in [5.41, 5.74) is 6.71. The Morgan fingerprint density at radius 3 is 2.71 bits per heavy atom. The third-order valence-corrected chi connectivity index (χ3v) is 6.02. The summed E-state index contributed by atoms with van der Waals surface area (Å²) in [5, 5.41) is 3.40. The van der Waals surface area contributed by atoms with Crippen LogP contribution in [0.4, 0.5) is 4.79 Å². The van der Waals surface area contributed by atoms with E-state index in [0.717, 1.165) is 44.0 Å². The molecule has 2 aliphatic rings. The fourth-order valence-corrected chi connectivity index (χ4v) is 4.15. The summed E-state index contributed by atoms with van der Waals surface area (Å²) in [5.74, 6) is 1.08. The van der Waals surface area contributed by atoms with Gasteiger partial charge in [0.25, 0.3) is 0 Å². The quantitative estimate of drug-likeness (QED) is 0.407. The molecule has 172 valence electrons. The van der Waals surface area contributed by atoms with E-state index in [9.17, 15) is 9.59 Å². The number of cyclic esters (lactones) is 1. The summed E-state index contributed by atoms with van der Waals surface area (Å²) in [6.45, 7) is 3.90. The molecule has 8 nitrogen and oxygen atoms in total. The van der Waals surface area contributed by atoms with Gasteiger partial charge in [-0.2, -0.15) is 0 Å². The van der Waals surface area contributed by atoms with Crippen LogP contribution in [-0.2, 0) is 20.7 Å². The highest BCUT2D eigenvalue weighted by atomic mass is 16.6. The molecule has 2 atom stereocenters. The second-order valence-corrected chi connectivity index (χ2v) is 8.43. The third kappa shape index (κ3) is 7.40. The standard InChI is InChI=1S/C23H35N3O5/c1-29-22(27)21(24)14-18-5-7-19(8-6-18)30-16-20-15-26(23(28)31-20)13-3-2-4-17-9-11-25-12-10-17/h5-8,17,20-21,25H,2-4,9-16,24H2,1H3. The van der Waals surface area contributed by atoms with E-state index in [4.69, 9.17) is 15.2 Å². The van der Waals surface area contributed by atoms with Gasteiger partial charge in [-0.25, -0.2) is 4.79 Å². The van der Waals surface area contributed by atoms with Crippen LogP contribution in [0.1, 0.15) is 37.7 Å². The van der Waals surface area contributed by atoms with Crippen molar-refractivity contribution in [3.8, 4) is 5.75 Å². The van der Waals surface area contributed by atoms with E-state index >= 15 is 0 Å². The van der Waals surface area contributed by atoms with Gasteiger partial charge in [-0.3, -0.25) is 4.79 Å². The molecule has 8 heteroatoms. The summed E-state index contributed by atoms with van der Waals surface area (Å²) in [6.07, 6.45) is 5.85. The number of carbonyl (C=O) groups is 2. The zero-order valence-electron chi connectivity index (χ0n) is 18.4. The molecule has 1 amide bonds. The first-order valence-corrected chi connectivity index (χ1v) is 11.3. The fraction of sp³-hybridized carbons (Fsp3) is 0.652. The van der Waals surface area contributed by atoms with Gasteiger partial charge in [0.1, 0.15) is 18.4 Å². The fourth-order valence-electron chi connectivity index (χ4n) is 4.15. The largest absolute Gasteiger partial charge is 0.490 e. The maximum Gasteiger partial charge on any atom is 0.410 e. The lowest BCUT2D eigenvalue weighted by Crippen LogP contribution is -2.33. The van der Waals surface area contributed by atoms with Crippen LogP contribution in [0.5, 0.6) is 5.75 Å². The Kier molecular flexibility index (Phi) is 8.97. The number of ether oxygens (including phenoxy) is 3. The zero-order valence-corrected chi connectivity index (χ0v) is 18.4. The molecular weight excluding hydrogens is 398 g/mol. The Labute approximate surface area is 184 Å². The molecule has 2 unspecified atom stereocenters. The highest BCUT2D eigenvalue weighted by Gasteiger charge is 2.31. The van der Waals surface area contributed by atoms with Gasteiger partial charge in [0, 0.05) is 6.54 Å². The SMILES string of the molecule is COC(=O)C(N)Cc1ccc(OCC2CN(CCCCC3CCNCC3)C(=O)O2)cc1. The molecule has 0 aromatic heterocycles. The molecular formula is C23H35N3O5. The van der Waals surface area contributed by atoms with Crippen molar-refractivity contribution in [2.24, 2.45) is 11.7 Å². The molecule has 0 spiro atoms. The molecule has 2 aliphatic heterocycles. The van der Waals surface area contributed by atoms with E-state index in [-0.39, 0.29) is 12.2 Å². The zero-order chi connectivity index (χ0) is 22.1. The normalized spacial score (nSPS) is 20.4. The van der Waals surface area contributed by atoms with Gasteiger partial charge < -0.3 is 30.2 Å². The lowest BCUT2D eigenvalue weighted by Gasteiger charge is -2.22. The molecule has 0 bridgehead atoms. The number of piperidine rings is 1. The van der Waals surface area contributed by atoms with Gasteiger partial charge in [-0.05, 0) is 62.4 Å². The number of nitrogens with one attached hydrogen (secondary N) is 1. The van der Waals surface area contributed by atoms with Crippen molar-refractivity contribution in [1.29, 1.82) is 0 Å². The number of hydrogen-bond donors (Lipinski definition) is 2. The van der Waals surface area contributed by atoms with Crippen LogP contribution in [0, 0.1) is 5.92 Å². The number of rotatable bonds is 11. The van der Waals surface area contributed by atoms with Crippen LogP contribution >= 0.6 is 0 Å². The molecule has 0 aliphatic carbocycles. The first kappa shape index (κ1) is 23.3. The summed E-state index contributed by atoms with van der Waals surface area (Å²) >= 11 is 0. The summed E-state index contributed by atoms with van der Waals surface area (Å²) in [7, 11) is 1.32. The first-order valence-electron chi connectivity index (χ1n) is 11.3. The molecule has 2 heterocycles. The second-order valence-electron chi connectivity index (χ2n) is 8.43. The van der Waals surface area contributed by atoms with Crippen molar-refractivity contribution in [1.82, 2.24) is 10.2 Å². The Bertz CT molecular complexity index is 706. The molecule has 31 heavy (non-hydrogen) atoms. The number of benzene rings is 1. The van der Waals surface area contributed by atoms with Crippen LogP contribution in [-0.4, -0.2) is 69.0 Å². The number of amides is 1. The van der Waals surface area contributed by atoms with Crippen molar-refractivity contribution in [2.75, 3.05) is 39.9 Å². The predicted octanol–water partition coefficient (Wildman–Crippen LogP) is 2.10. The van der Waals surface area contributed by atoms with Gasteiger partial charge in [-0.1, -0.05) is 25.0 Å². The number of nitrogens with zero attached hydrogens (tertiary/aromatic N) is 1. The van der Waals surface area contributed by atoms with E-state index in [0.29, 0.717) is 25.3 Å². The maximum atomic E-state index is 12.1. The topological polar surface area (TPSA) is 103 Å². The average molecular weight is 434 g/mol. The van der Waals surface area contributed by atoms with Crippen LogP contribution in [0.3, 0.4) is 0 Å². The molecule has 1 aromatic carbocycles. The van der Waals surface area contributed by atoms with Crippen LogP contribution in [0.2, 0.25) is 0 Å². The summed E-state index contributed by atoms with van der Waals surface area (Å²) in [6, 6.07) is 6.71. The van der Waals surface area contributed by atoms with E-state index < -0.39 is 12.0 Å². The highest BCUT2D eigenvalue weighted by Crippen LogP contribution is 2.20. The number of methoxy groups -OCH3 is 1. The Morgan fingerprint density at radius 2 is 2.00 bits per heavy atom. The van der Waals surface area contributed by atoms with Crippen molar-refractivity contribution >= 4 is 12.1 Å². The smallest absolute Gasteiger partial charge is 0.410 e. The van der Waals surface area contributed by atoms with E-state index in [2.05, 4.69) is 10.1 Å². The van der Waals surface area contributed by atoms with Crippen molar-refractivity contribution in [2.45, 2.75) is 50.7 Å². The first-order chi connectivity index (χ1) is 15.0. The monoisotopic (exact) mass is 433 g/mol. The molecule has 2 fully saturated rings. The van der Waals surface area contributed by atoms with Crippen molar-refractivity contribution in [3.63, 3.8) is 0 Å². The lowest BCUT2D eigenvalue weighted by atomic mass is 9.92. The number of esters is 1. The molecule has 0 radical (unpaired) electrons. The molecule has 2 saturated heterocycles. The molecule has 3 rings (SSSR count). The highest BCUT2D eigenvalue weighted by molar-refractivity contribution is 5.75. The number of carbonyl (C=O) groups excluding carboxylic acids is 2. The number of unbranched alkanes of at least 4 members (excludes halogenated alkanes) is 1. The van der Waals surface area contributed by atoms with E-state index in [1.54, 1.807) is 4.90 Å². The van der Waals surface area contributed by atoms with Crippen molar-refractivity contribution < 1.29 is 23.8 Å². The maximum absolute atomic E-state index is 12.1. The van der Waals surface area contributed by atoms with Gasteiger partial charge in [0.15, 0.2) is 6.10 Å². The second kappa shape index (κ2) is 11.9. The van der Waals surface area contributed by atoms with E-state index in [1.807, 2.05) is 24.3 Å². The van der Waals surface area contributed by atoms with Gasteiger partial charge in [-0.15, -0.1) is 0 Å². The summed E-state index contributed by atoms with van der Waals surface area (Å²) in [4.78, 5) is 25.3. The van der Waals surface area contributed by atoms with Gasteiger partial charge in [0.05, 0.1) is 13.7 Å². The lowest BCUT2D eigenvalue weighted by molar-refractivity contribution is -0.142. The minimum atomic E-state index is -0.680. The Balaban J connectivity index is 1.33. The Hall–Kier alpha value is -2.32. The number of nitrogens with two attached hydrogens (primary N) is 1. The van der Waals surface area contributed by atoms with E-state index in [1.165, 1.54) is 26.4 Å². The van der Waals surface area contributed by atoms with Gasteiger partial charge >= 0.3 is 12.1 Å². The van der Waals surface area contributed by atoms with Crippen LogP contribution < -0.4 is 15.8 Å².